The number of carbonyl (C=O) groups excluding carboxylic acids is 1. The lowest BCUT2D eigenvalue weighted by Crippen LogP contribution is -2.36. The maximum atomic E-state index is 12.3. The maximum absolute atomic E-state index is 12.3. The minimum Gasteiger partial charge on any atom is -0.488 e. The van der Waals surface area contributed by atoms with Gasteiger partial charge in [-0.2, -0.15) is 0 Å². The molecule has 0 unspecified atom stereocenters. The van der Waals surface area contributed by atoms with Crippen molar-refractivity contribution in [1.29, 1.82) is 0 Å². The molecular weight excluding hydrogens is 320 g/mol. The summed E-state index contributed by atoms with van der Waals surface area (Å²) in [6, 6.07) is 14.4. The van der Waals surface area contributed by atoms with Gasteiger partial charge < -0.3 is 19.5 Å². The smallest absolute Gasteiger partial charge is 0.261 e. The summed E-state index contributed by atoms with van der Waals surface area (Å²) in [6.45, 7) is 0.340. The van der Waals surface area contributed by atoms with Gasteiger partial charge in [0, 0.05) is 6.42 Å². The van der Waals surface area contributed by atoms with Crippen molar-refractivity contribution in [2.75, 3.05) is 6.54 Å². The zero-order valence-corrected chi connectivity index (χ0v) is 13.3. The molecule has 2 N–H and O–H groups in total. The number of hydrogen-bond acceptors (Lipinski definition) is 4. The van der Waals surface area contributed by atoms with Gasteiger partial charge in [-0.25, -0.2) is 0 Å². The molecule has 0 aliphatic carbocycles. The quantitative estimate of drug-likeness (QED) is 0.766. The SMILES string of the molecule is O=C(NC[C@@H]1Cc2ccccc2O1)c1ccc(-c2ccco2)[nH]c1=O. The van der Waals surface area contributed by atoms with Gasteiger partial charge in [0.2, 0.25) is 0 Å². The number of amides is 1. The highest BCUT2D eigenvalue weighted by Crippen LogP contribution is 2.27. The number of H-pyrrole nitrogens is 1. The van der Waals surface area contributed by atoms with Gasteiger partial charge in [-0.15, -0.1) is 0 Å². The molecule has 1 aliphatic heterocycles. The van der Waals surface area contributed by atoms with Crippen LogP contribution in [-0.2, 0) is 6.42 Å². The van der Waals surface area contributed by atoms with E-state index < -0.39 is 11.5 Å². The van der Waals surface area contributed by atoms with Crippen LogP contribution in [0.15, 0.2) is 64.0 Å². The number of rotatable bonds is 4. The molecule has 0 radical (unpaired) electrons. The third-order valence-electron chi connectivity index (χ3n) is 4.14. The van der Waals surface area contributed by atoms with E-state index >= 15 is 0 Å². The van der Waals surface area contributed by atoms with Crippen molar-refractivity contribution in [3.05, 3.63) is 76.3 Å². The number of fused-ring (bicyclic) bond motifs is 1. The van der Waals surface area contributed by atoms with Gasteiger partial charge in [0.1, 0.15) is 23.2 Å². The monoisotopic (exact) mass is 336 g/mol. The average molecular weight is 336 g/mol. The van der Waals surface area contributed by atoms with Gasteiger partial charge in [0.05, 0.1) is 18.5 Å². The van der Waals surface area contributed by atoms with Crippen LogP contribution < -0.4 is 15.6 Å². The van der Waals surface area contributed by atoms with Gasteiger partial charge >= 0.3 is 0 Å². The second-order valence-corrected chi connectivity index (χ2v) is 5.85. The van der Waals surface area contributed by atoms with Crippen LogP contribution in [0.3, 0.4) is 0 Å². The van der Waals surface area contributed by atoms with Crippen molar-refractivity contribution in [2.45, 2.75) is 12.5 Å². The molecule has 3 aromatic rings. The molecule has 0 spiro atoms. The number of furan rings is 1. The summed E-state index contributed by atoms with van der Waals surface area (Å²) in [5.74, 6) is 0.968. The summed E-state index contributed by atoms with van der Waals surface area (Å²) in [7, 11) is 0. The fourth-order valence-electron chi connectivity index (χ4n) is 2.90. The molecule has 1 aliphatic rings. The van der Waals surface area contributed by atoms with E-state index in [1.54, 1.807) is 18.2 Å². The summed E-state index contributed by atoms with van der Waals surface area (Å²) in [5, 5.41) is 2.76. The first-order chi connectivity index (χ1) is 12.2. The largest absolute Gasteiger partial charge is 0.488 e. The number of ether oxygens (including phenoxy) is 1. The Hall–Kier alpha value is -3.28. The predicted molar refractivity (Wildman–Crippen MR) is 91.7 cm³/mol. The molecule has 25 heavy (non-hydrogen) atoms. The third-order valence-corrected chi connectivity index (χ3v) is 4.14. The fourth-order valence-corrected chi connectivity index (χ4v) is 2.90. The number of pyridine rings is 1. The van der Waals surface area contributed by atoms with Crippen LogP contribution in [0, 0.1) is 0 Å². The topological polar surface area (TPSA) is 84.3 Å². The first-order valence-corrected chi connectivity index (χ1v) is 8.00. The average Bonchev–Trinajstić information content (AvgIpc) is 3.28. The van der Waals surface area contributed by atoms with Crippen molar-refractivity contribution in [1.82, 2.24) is 10.3 Å². The Morgan fingerprint density at radius 1 is 1.16 bits per heavy atom. The number of carbonyl (C=O) groups is 1. The highest BCUT2D eigenvalue weighted by molar-refractivity contribution is 5.94. The molecule has 1 atom stereocenters. The van der Waals surface area contributed by atoms with E-state index in [1.807, 2.05) is 24.3 Å². The molecule has 3 heterocycles. The molecule has 0 fully saturated rings. The van der Waals surface area contributed by atoms with Crippen LogP contribution in [-0.4, -0.2) is 23.5 Å². The van der Waals surface area contributed by atoms with Crippen LogP contribution in [0.4, 0.5) is 0 Å². The number of hydrogen-bond donors (Lipinski definition) is 2. The second kappa shape index (κ2) is 6.32. The lowest BCUT2D eigenvalue weighted by Gasteiger charge is -2.11. The van der Waals surface area contributed by atoms with Crippen molar-refractivity contribution < 1.29 is 13.9 Å². The number of nitrogens with one attached hydrogen (secondary N) is 2. The Balaban J connectivity index is 1.41. The van der Waals surface area contributed by atoms with Gasteiger partial charge in [-0.3, -0.25) is 9.59 Å². The molecule has 0 saturated carbocycles. The summed E-state index contributed by atoms with van der Waals surface area (Å²) < 4.78 is 11.0. The highest BCUT2D eigenvalue weighted by atomic mass is 16.5. The first-order valence-electron chi connectivity index (χ1n) is 8.00. The molecule has 1 amide bonds. The Morgan fingerprint density at radius 3 is 2.80 bits per heavy atom. The van der Waals surface area contributed by atoms with E-state index in [0.29, 0.717) is 18.0 Å². The number of aromatic amines is 1. The number of benzene rings is 1. The van der Waals surface area contributed by atoms with Crippen LogP contribution in [0.1, 0.15) is 15.9 Å². The van der Waals surface area contributed by atoms with Crippen molar-refractivity contribution in [2.24, 2.45) is 0 Å². The summed E-state index contributed by atoms with van der Waals surface area (Å²) in [5.41, 5.74) is 1.26. The maximum Gasteiger partial charge on any atom is 0.261 e. The first kappa shape index (κ1) is 15.3. The molecule has 126 valence electrons. The Kier molecular flexibility index (Phi) is 3.85. The third kappa shape index (κ3) is 3.06. The lowest BCUT2D eigenvalue weighted by atomic mass is 10.1. The summed E-state index contributed by atoms with van der Waals surface area (Å²) in [4.78, 5) is 27.1. The van der Waals surface area contributed by atoms with E-state index in [-0.39, 0.29) is 11.7 Å². The van der Waals surface area contributed by atoms with Crippen molar-refractivity contribution >= 4 is 5.91 Å². The van der Waals surface area contributed by atoms with Gasteiger partial charge in [-0.1, -0.05) is 18.2 Å². The van der Waals surface area contributed by atoms with Crippen LogP contribution in [0.25, 0.3) is 11.5 Å². The Morgan fingerprint density at radius 2 is 2.04 bits per heavy atom. The molecule has 1 aromatic carbocycles. The molecule has 6 heteroatoms. The molecular formula is C19H16N2O4. The van der Waals surface area contributed by atoms with Crippen LogP contribution in [0.2, 0.25) is 0 Å². The molecule has 6 nitrogen and oxygen atoms in total. The zero-order chi connectivity index (χ0) is 17.2. The van der Waals surface area contributed by atoms with Crippen molar-refractivity contribution in [3.63, 3.8) is 0 Å². The minimum atomic E-state index is -0.456. The predicted octanol–water partition coefficient (Wildman–Crippen LogP) is 2.37. The minimum absolute atomic E-state index is 0.0609. The van der Waals surface area contributed by atoms with E-state index in [9.17, 15) is 9.59 Å². The van der Waals surface area contributed by atoms with E-state index in [0.717, 1.165) is 17.7 Å². The number of aromatic nitrogens is 1. The van der Waals surface area contributed by atoms with E-state index in [2.05, 4.69) is 10.3 Å². The van der Waals surface area contributed by atoms with Gasteiger partial charge in [0.15, 0.2) is 0 Å². The summed E-state index contributed by atoms with van der Waals surface area (Å²) >= 11 is 0. The zero-order valence-electron chi connectivity index (χ0n) is 13.3. The molecule has 4 rings (SSSR count). The van der Waals surface area contributed by atoms with Gasteiger partial charge in [-0.05, 0) is 35.9 Å². The highest BCUT2D eigenvalue weighted by Gasteiger charge is 2.23. The Labute approximate surface area is 143 Å². The fraction of sp³-hybridized carbons (Fsp3) is 0.158. The van der Waals surface area contributed by atoms with E-state index in [4.69, 9.17) is 9.15 Å². The normalized spacial score (nSPS) is 15.4. The molecule has 0 bridgehead atoms. The molecule has 2 aromatic heterocycles. The van der Waals surface area contributed by atoms with E-state index in [1.165, 1.54) is 12.3 Å². The van der Waals surface area contributed by atoms with Crippen molar-refractivity contribution in [3.8, 4) is 17.2 Å². The summed E-state index contributed by atoms with van der Waals surface area (Å²) in [6.07, 6.45) is 2.14. The number of para-hydroxylation sites is 1. The standard InChI is InChI=1S/C19H16N2O4/c22-18(20-11-13-10-12-4-1-2-5-16(12)25-13)14-7-8-15(21-19(14)23)17-6-3-9-24-17/h1-9,13H,10-11H2,(H,20,22)(H,21,23)/t13-/m0/s1. The van der Waals surface area contributed by atoms with Gasteiger partial charge in [0.25, 0.3) is 11.5 Å². The molecule has 0 saturated heterocycles. The lowest BCUT2D eigenvalue weighted by molar-refractivity contribution is 0.0932. The second-order valence-electron chi connectivity index (χ2n) is 5.85. The van der Waals surface area contributed by atoms with Crippen LogP contribution in [0.5, 0.6) is 5.75 Å². The van der Waals surface area contributed by atoms with Crippen LogP contribution >= 0.6 is 0 Å². The Bertz CT molecular complexity index is 935.